The van der Waals surface area contributed by atoms with E-state index in [4.69, 9.17) is 5.73 Å². The van der Waals surface area contributed by atoms with Crippen molar-refractivity contribution >= 4 is 16.6 Å². The Bertz CT molecular complexity index is 457. The number of pyridine rings is 1. The molecule has 0 radical (unpaired) electrons. The fourth-order valence-corrected chi connectivity index (χ4v) is 1.39. The molecule has 0 saturated heterocycles. The highest BCUT2D eigenvalue weighted by Crippen LogP contribution is 2.24. The maximum atomic E-state index is 13.3. The molecular formula is C10H9FN2. The zero-order valence-electron chi connectivity index (χ0n) is 7.21. The Hall–Kier alpha value is -1.64. The molecule has 0 aliphatic carbocycles. The molecule has 0 unspecified atom stereocenters. The Morgan fingerprint density at radius 1 is 1.31 bits per heavy atom. The number of nitrogens with two attached hydrogens (primary N) is 1. The van der Waals surface area contributed by atoms with Gasteiger partial charge in [-0.3, -0.25) is 4.98 Å². The molecule has 3 heteroatoms. The highest BCUT2D eigenvalue weighted by molar-refractivity contribution is 5.92. The van der Waals surface area contributed by atoms with Crippen molar-refractivity contribution in [3.8, 4) is 0 Å². The molecule has 0 atom stereocenters. The molecule has 0 aliphatic rings. The first-order valence-electron chi connectivity index (χ1n) is 3.99. The van der Waals surface area contributed by atoms with Crippen molar-refractivity contribution in [1.82, 2.24) is 4.98 Å². The number of halogens is 1. The zero-order chi connectivity index (χ0) is 9.42. The van der Waals surface area contributed by atoms with Crippen LogP contribution in [-0.4, -0.2) is 4.98 Å². The predicted molar refractivity (Wildman–Crippen MR) is 50.9 cm³/mol. The van der Waals surface area contributed by atoms with E-state index in [2.05, 4.69) is 4.98 Å². The van der Waals surface area contributed by atoms with Crippen LogP contribution in [0.3, 0.4) is 0 Å². The third-order valence-electron chi connectivity index (χ3n) is 2.08. The Morgan fingerprint density at radius 3 is 2.77 bits per heavy atom. The van der Waals surface area contributed by atoms with E-state index >= 15 is 0 Å². The summed E-state index contributed by atoms with van der Waals surface area (Å²) in [6.45, 7) is 1.88. The number of hydrogen-bond donors (Lipinski definition) is 1. The molecule has 0 amide bonds. The summed E-state index contributed by atoms with van der Waals surface area (Å²) in [5.74, 6) is -0.314. The Balaban J connectivity index is 3.00. The number of rotatable bonds is 0. The van der Waals surface area contributed by atoms with Crippen LogP contribution in [0.2, 0.25) is 0 Å². The first-order valence-corrected chi connectivity index (χ1v) is 3.99. The Morgan fingerprint density at radius 2 is 2.08 bits per heavy atom. The number of hydrogen-bond acceptors (Lipinski definition) is 2. The van der Waals surface area contributed by atoms with Gasteiger partial charge in [0.1, 0.15) is 5.82 Å². The second kappa shape index (κ2) is 2.69. The summed E-state index contributed by atoms with van der Waals surface area (Å²) in [4.78, 5) is 4.08. The lowest BCUT2D eigenvalue weighted by molar-refractivity contribution is 0.639. The largest absolute Gasteiger partial charge is 0.398 e. The van der Waals surface area contributed by atoms with E-state index < -0.39 is 0 Å². The van der Waals surface area contributed by atoms with Gasteiger partial charge in [0, 0.05) is 11.9 Å². The molecule has 0 spiro atoms. The molecule has 2 nitrogen and oxygen atoms in total. The van der Waals surface area contributed by atoms with Crippen LogP contribution in [0.1, 0.15) is 5.56 Å². The summed E-state index contributed by atoms with van der Waals surface area (Å²) in [6.07, 6.45) is 1.59. The van der Waals surface area contributed by atoms with Gasteiger partial charge < -0.3 is 5.73 Å². The molecule has 2 rings (SSSR count). The molecule has 0 fully saturated rings. The van der Waals surface area contributed by atoms with Crippen molar-refractivity contribution in [3.63, 3.8) is 0 Å². The van der Waals surface area contributed by atoms with Gasteiger partial charge >= 0.3 is 0 Å². The third-order valence-corrected chi connectivity index (χ3v) is 2.08. The van der Waals surface area contributed by atoms with Crippen molar-refractivity contribution in [2.24, 2.45) is 0 Å². The minimum absolute atomic E-state index is 0.314. The van der Waals surface area contributed by atoms with E-state index in [0.717, 1.165) is 5.56 Å². The number of benzene rings is 1. The predicted octanol–water partition coefficient (Wildman–Crippen LogP) is 2.26. The van der Waals surface area contributed by atoms with Crippen molar-refractivity contribution < 1.29 is 4.39 Å². The molecule has 0 aliphatic heterocycles. The molecule has 0 bridgehead atoms. The number of anilines is 1. The monoisotopic (exact) mass is 176 g/mol. The average Bonchev–Trinajstić information content (AvgIpc) is 2.12. The Kier molecular flexibility index (Phi) is 1.65. The summed E-state index contributed by atoms with van der Waals surface area (Å²) >= 11 is 0. The van der Waals surface area contributed by atoms with Gasteiger partial charge in [0.15, 0.2) is 0 Å². The summed E-state index contributed by atoms with van der Waals surface area (Å²) in [5.41, 5.74) is 7.66. The summed E-state index contributed by atoms with van der Waals surface area (Å²) in [5, 5.41) is 0.419. The lowest BCUT2D eigenvalue weighted by Crippen LogP contribution is -1.93. The van der Waals surface area contributed by atoms with Gasteiger partial charge in [-0.25, -0.2) is 4.39 Å². The minimum Gasteiger partial charge on any atom is -0.398 e. The van der Waals surface area contributed by atoms with Crippen LogP contribution in [0, 0.1) is 12.7 Å². The molecule has 1 heterocycles. The van der Waals surface area contributed by atoms with Crippen molar-refractivity contribution in [2.45, 2.75) is 6.92 Å². The summed E-state index contributed by atoms with van der Waals surface area (Å²) in [6, 6.07) is 4.71. The fourth-order valence-electron chi connectivity index (χ4n) is 1.39. The summed E-state index contributed by atoms with van der Waals surface area (Å²) in [7, 11) is 0. The van der Waals surface area contributed by atoms with E-state index in [9.17, 15) is 4.39 Å². The number of fused-ring (bicyclic) bond motifs is 1. The first-order chi connectivity index (χ1) is 6.20. The van der Waals surface area contributed by atoms with Gasteiger partial charge in [-0.05, 0) is 24.6 Å². The third kappa shape index (κ3) is 1.13. The van der Waals surface area contributed by atoms with E-state index in [1.807, 2.05) is 6.92 Å². The van der Waals surface area contributed by atoms with E-state index in [1.165, 1.54) is 6.07 Å². The molecule has 13 heavy (non-hydrogen) atoms. The molecule has 2 N–H and O–H groups in total. The van der Waals surface area contributed by atoms with E-state index in [0.29, 0.717) is 16.6 Å². The number of aromatic nitrogens is 1. The molecular weight excluding hydrogens is 167 g/mol. The topological polar surface area (TPSA) is 38.9 Å². The highest BCUT2D eigenvalue weighted by atomic mass is 19.1. The lowest BCUT2D eigenvalue weighted by Gasteiger charge is -2.04. The smallest absolute Gasteiger partial charge is 0.134 e. The molecule has 66 valence electrons. The van der Waals surface area contributed by atoms with Crippen molar-refractivity contribution in [2.75, 3.05) is 5.73 Å². The van der Waals surface area contributed by atoms with Crippen molar-refractivity contribution in [3.05, 3.63) is 35.8 Å². The maximum absolute atomic E-state index is 13.3. The fraction of sp³-hybridized carbons (Fsp3) is 0.100. The minimum atomic E-state index is -0.314. The molecule has 2 aromatic rings. The van der Waals surface area contributed by atoms with Crippen LogP contribution in [-0.2, 0) is 0 Å². The summed E-state index contributed by atoms with van der Waals surface area (Å²) < 4.78 is 13.3. The van der Waals surface area contributed by atoms with Crippen LogP contribution in [0.5, 0.6) is 0 Å². The van der Waals surface area contributed by atoms with Crippen LogP contribution in [0.25, 0.3) is 10.9 Å². The van der Waals surface area contributed by atoms with Crippen LogP contribution < -0.4 is 5.73 Å². The average molecular weight is 176 g/mol. The second-order valence-corrected chi connectivity index (χ2v) is 2.99. The van der Waals surface area contributed by atoms with E-state index in [-0.39, 0.29) is 5.82 Å². The maximum Gasteiger partial charge on any atom is 0.134 e. The van der Waals surface area contributed by atoms with Gasteiger partial charge in [0.05, 0.1) is 10.9 Å². The molecule has 1 aromatic carbocycles. The normalized spacial score (nSPS) is 10.6. The molecule has 1 aromatic heterocycles. The van der Waals surface area contributed by atoms with Gasteiger partial charge in [0.25, 0.3) is 0 Å². The van der Waals surface area contributed by atoms with Gasteiger partial charge in [-0.15, -0.1) is 0 Å². The second-order valence-electron chi connectivity index (χ2n) is 2.99. The molecule has 0 saturated carbocycles. The van der Waals surface area contributed by atoms with Gasteiger partial charge in [-0.2, -0.15) is 0 Å². The van der Waals surface area contributed by atoms with Crippen molar-refractivity contribution in [1.29, 1.82) is 0 Å². The number of nitrogen functional groups attached to an aromatic ring is 1. The van der Waals surface area contributed by atoms with Gasteiger partial charge in [-0.1, -0.05) is 6.07 Å². The van der Waals surface area contributed by atoms with Crippen LogP contribution >= 0.6 is 0 Å². The first kappa shape index (κ1) is 7.98. The SMILES string of the molecule is Cc1ccc(F)c2c(N)ccnc12. The zero-order valence-corrected chi connectivity index (χ0v) is 7.21. The standard InChI is InChI=1S/C10H9FN2/c1-6-2-3-7(11)9-8(12)4-5-13-10(6)9/h2-5H,1H3,(H2,12,13). The van der Waals surface area contributed by atoms with Crippen LogP contribution in [0.4, 0.5) is 10.1 Å². The quantitative estimate of drug-likeness (QED) is 0.668. The lowest BCUT2D eigenvalue weighted by atomic mass is 10.1. The highest BCUT2D eigenvalue weighted by Gasteiger charge is 2.06. The number of aryl methyl sites for hydroxylation is 1. The van der Waals surface area contributed by atoms with Gasteiger partial charge in [0.2, 0.25) is 0 Å². The Labute approximate surface area is 75.2 Å². The number of nitrogens with zero attached hydrogens (tertiary/aromatic N) is 1. The van der Waals surface area contributed by atoms with Crippen LogP contribution in [0.15, 0.2) is 24.4 Å². The van der Waals surface area contributed by atoms with E-state index in [1.54, 1.807) is 18.3 Å².